The lowest BCUT2D eigenvalue weighted by Gasteiger charge is -2.30. The topological polar surface area (TPSA) is 40.1 Å². The minimum Gasteiger partial charge on any atom is -0.384 e. The van der Waals surface area contributed by atoms with Crippen molar-refractivity contribution >= 4 is 29.9 Å². The molecule has 2 heterocycles. The second kappa shape index (κ2) is 12.0. The Morgan fingerprint density at radius 1 is 1.18 bits per heavy atom. The minimum atomic E-state index is 0. The molecular formula is C22H37IN4O. The largest absolute Gasteiger partial charge is 0.384 e. The van der Waals surface area contributed by atoms with Gasteiger partial charge in [0, 0.05) is 46.3 Å². The predicted octanol–water partition coefficient (Wildman–Crippen LogP) is 3.58. The summed E-state index contributed by atoms with van der Waals surface area (Å²) in [5.74, 6) is 2.51. The summed E-state index contributed by atoms with van der Waals surface area (Å²) in [6, 6.07) is 8.99. The Morgan fingerprint density at radius 3 is 2.64 bits per heavy atom. The second-order valence-corrected chi connectivity index (χ2v) is 8.24. The Kier molecular flexibility index (Phi) is 10.0. The van der Waals surface area contributed by atoms with Crippen molar-refractivity contribution in [3.8, 4) is 0 Å². The van der Waals surface area contributed by atoms with E-state index in [0.29, 0.717) is 5.92 Å². The number of benzene rings is 1. The van der Waals surface area contributed by atoms with Gasteiger partial charge >= 0.3 is 0 Å². The molecule has 0 spiro atoms. The summed E-state index contributed by atoms with van der Waals surface area (Å²) in [4.78, 5) is 9.42. The van der Waals surface area contributed by atoms with Gasteiger partial charge in [-0.1, -0.05) is 31.2 Å². The van der Waals surface area contributed by atoms with E-state index in [0.717, 1.165) is 44.7 Å². The van der Waals surface area contributed by atoms with Crippen LogP contribution in [0.5, 0.6) is 0 Å². The van der Waals surface area contributed by atoms with Crippen LogP contribution in [0.3, 0.4) is 0 Å². The number of nitrogens with zero attached hydrogens (tertiary/aromatic N) is 3. The molecular weight excluding hydrogens is 463 g/mol. The van der Waals surface area contributed by atoms with Crippen molar-refractivity contribution in [1.29, 1.82) is 0 Å². The molecule has 0 saturated carbocycles. The quantitative estimate of drug-likeness (QED) is 0.369. The molecule has 0 amide bonds. The second-order valence-electron chi connectivity index (χ2n) is 8.24. The van der Waals surface area contributed by atoms with Crippen LogP contribution in [0.4, 0.5) is 0 Å². The Labute approximate surface area is 187 Å². The van der Waals surface area contributed by atoms with Crippen LogP contribution >= 0.6 is 24.0 Å². The minimum absolute atomic E-state index is 0. The summed E-state index contributed by atoms with van der Waals surface area (Å²) in [5.41, 5.74) is 2.74. The van der Waals surface area contributed by atoms with Gasteiger partial charge in [0.25, 0.3) is 0 Å². The number of halogens is 1. The first kappa shape index (κ1) is 23.4. The Balaban J connectivity index is 0.00000280. The maximum Gasteiger partial charge on any atom is 0.193 e. The molecule has 6 heteroatoms. The Hall–Kier alpha value is -0.860. The Morgan fingerprint density at radius 2 is 1.93 bits per heavy atom. The third kappa shape index (κ3) is 6.88. The van der Waals surface area contributed by atoms with Crippen LogP contribution < -0.4 is 5.32 Å². The van der Waals surface area contributed by atoms with Gasteiger partial charge < -0.3 is 15.0 Å². The molecule has 2 aliphatic rings. The molecule has 3 rings (SSSR count). The van der Waals surface area contributed by atoms with Crippen molar-refractivity contribution < 1.29 is 4.74 Å². The average Bonchev–Trinajstić information content (AvgIpc) is 3.13. The third-order valence-electron chi connectivity index (χ3n) is 5.92. The van der Waals surface area contributed by atoms with E-state index < -0.39 is 0 Å². The molecule has 1 N–H and O–H groups in total. The highest BCUT2D eigenvalue weighted by Gasteiger charge is 2.24. The van der Waals surface area contributed by atoms with Crippen molar-refractivity contribution in [2.45, 2.75) is 39.3 Å². The van der Waals surface area contributed by atoms with Crippen LogP contribution in [0.15, 0.2) is 29.3 Å². The number of nitrogens with one attached hydrogen (secondary N) is 1. The Bertz CT molecular complexity index is 616. The molecule has 2 fully saturated rings. The number of piperidine rings is 1. The summed E-state index contributed by atoms with van der Waals surface area (Å²) >= 11 is 0. The van der Waals surface area contributed by atoms with Crippen molar-refractivity contribution in [1.82, 2.24) is 15.1 Å². The number of ether oxygens (including phenoxy) is 1. The van der Waals surface area contributed by atoms with Crippen LogP contribution in [-0.2, 0) is 17.8 Å². The van der Waals surface area contributed by atoms with E-state index in [1.54, 1.807) is 7.11 Å². The van der Waals surface area contributed by atoms with E-state index in [9.17, 15) is 0 Å². The van der Waals surface area contributed by atoms with Crippen molar-refractivity contribution in [3.05, 3.63) is 35.4 Å². The number of guanidine groups is 1. The van der Waals surface area contributed by atoms with Crippen LogP contribution in [0.25, 0.3) is 0 Å². The van der Waals surface area contributed by atoms with Crippen LogP contribution in [0.1, 0.15) is 37.3 Å². The van der Waals surface area contributed by atoms with Gasteiger partial charge in [-0.25, -0.2) is 0 Å². The van der Waals surface area contributed by atoms with Gasteiger partial charge in [0.2, 0.25) is 0 Å². The molecule has 28 heavy (non-hydrogen) atoms. The van der Waals surface area contributed by atoms with Gasteiger partial charge in [-0.3, -0.25) is 9.89 Å². The molecule has 1 atom stereocenters. The van der Waals surface area contributed by atoms with Crippen molar-refractivity contribution in [2.24, 2.45) is 16.8 Å². The van der Waals surface area contributed by atoms with Crippen molar-refractivity contribution in [2.75, 3.05) is 46.9 Å². The molecule has 2 saturated heterocycles. The molecule has 1 aromatic carbocycles. The first-order chi connectivity index (χ1) is 13.2. The van der Waals surface area contributed by atoms with Gasteiger partial charge in [-0.05, 0) is 49.4 Å². The van der Waals surface area contributed by atoms with E-state index in [1.807, 2.05) is 7.05 Å². The average molecular weight is 500 g/mol. The summed E-state index contributed by atoms with van der Waals surface area (Å²) in [6.07, 6.45) is 3.84. The molecule has 0 radical (unpaired) electrons. The molecule has 0 bridgehead atoms. The summed E-state index contributed by atoms with van der Waals surface area (Å²) in [7, 11) is 3.66. The number of likely N-dealkylation sites (tertiary alicyclic amines) is 2. The maximum atomic E-state index is 5.31. The van der Waals surface area contributed by atoms with Crippen LogP contribution in [0.2, 0.25) is 0 Å². The first-order valence-electron chi connectivity index (χ1n) is 10.4. The van der Waals surface area contributed by atoms with Gasteiger partial charge in [0.15, 0.2) is 5.96 Å². The summed E-state index contributed by atoms with van der Waals surface area (Å²) in [5, 5.41) is 3.55. The standard InChI is InChI=1S/C22H36N4O.HI/c1-18-7-10-25(11-8-18)15-20-6-4-5-19(13-20)14-24-22(23-2)26-12-9-21(16-26)17-27-3;/h4-6,13,18,21H,7-12,14-17H2,1-3H3,(H,23,24);1H. The fourth-order valence-electron chi connectivity index (χ4n) is 4.23. The molecule has 0 aliphatic carbocycles. The summed E-state index contributed by atoms with van der Waals surface area (Å²) in [6.45, 7) is 9.64. The lowest BCUT2D eigenvalue weighted by atomic mass is 9.98. The monoisotopic (exact) mass is 500 g/mol. The molecule has 1 unspecified atom stereocenters. The van der Waals surface area contributed by atoms with E-state index in [-0.39, 0.29) is 24.0 Å². The number of methoxy groups -OCH3 is 1. The van der Waals surface area contributed by atoms with E-state index >= 15 is 0 Å². The smallest absolute Gasteiger partial charge is 0.193 e. The summed E-state index contributed by atoms with van der Waals surface area (Å²) < 4.78 is 5.31. The van der Waals surface area contributed by atoms with Gasteiger partial charge in [-0.15, -0.1) is 24.0 Å². The normalized spacial score (nSPS) is 21.6. The van der Waals surface area contributed by atoms with E-state index in [2.05, 4.69) is 51.3 Å². The first-order valence-corrected chi connectivity index (χ1v) is 10.4. The lowest BCUT2D eigenvalue weighted by molar-refractivity contribution is 0.157. The SMILES string of the molecule is CN=C(NCc1cccc(CN2CCC(C)CC2)c1)N1CCC(COC)C1.I. The van der Waals surface area contributed by atoms with Gasteiger partial charge in [0.1, 0.15) is 0 Å². The zero-order valence-corrected chi connectivity index (χ0v) is 20.0. The number of hydrogen-bond acceptors (Lipinski definition) is 3. The number of rotatable bonds is 6. The van der Waals surface area contributed by atoms with Crippen LogP contribution in [-0.4, -0.2) is 62.7 Å². The van der Waals surface area contributed by atoms with E-state index in [1.165, 1.54) is 43.5 Å². The molecule has 5 nitrogen and oxygen atoms in total. The predicted molar refractivity (Wildman–Crippen MR) is 127 cm³/mol. The highest BCUT2D eigenvalue weighted by atomic mass is 127. The van der Waals surface area contributed by atoms with Gasteiger partial charge in [0.05, 0.1) is 6.61 Å². The highest BCUT2D eigenvalue weighted by molar-refractivity contribution is 14.0. The molecule has 1 aromatic rings. The highest BCUT2D eigenvalue weighted by Crippen LogP contribution is 2.19. The molecule has 2 aliphatic heterocycles. The van der Waals surface area contributed by atoms with E-state index in [4.69, 9.17) is 4.74 Å². The zero-order valence-electron chi connectivity index (χ0n) is 17.7. The molecule has 0 aromatic heterocycles. The third-order valence-corrected chi connectivity index (χ3v) is 5.92. The lowest BCUT2D eigenvalue weighted by Crippen LogP contribution is -2.39. The molecule has 158 valence electrons. The number of hydrogen-bond donors (Lipinski definition) is 1. The fraction of sp³-hybridized carbons (Fsp3) is 0.682. The van der Waals surface area contributed by atoms with Crippen LogP contribution in [0, 0.1) is 11.8 Å². The maximum absolute atomic E-state index is 5.31. The fourth-order valence-corrected chi connectivity index (χ4v) is 4.23. The van der Waals surface area contributed by atoms with Gasteiger partial charge in [-0.2, -0.15) is 0 Å². The van der Waals surface area contributed by atoms with Crippen molar-refractivity contribution in [3.63, 3.8) is 0 Å². The number of aliphatic imine (C=N–C) groups is 1. The zero-order chi connectivity index (χ0) is 19.1.